The van der Waals surface area contributed by atoms with Crippen molar-refractivity contribution in [1.29, 1.82) is 0 Å². The van der Waals surface area contributed by atoms with E-state index in [0.717, 1.165) is 0 Å². The SMILES string of the molecule is Fc1cccc(-c2nccc(Br)n2)c1. The summed E-state index contributed by atoms with van der Waals surface area (Å²) in [4.78, 5) is 8.17. The van der Waals surface area contributed by atoms with Crippen LogP contribution in [0.15, 0.2) is 41.1 Å². The van der Waals surface area contributed by atoms with Crippen LogP contribution in [0.3, 0.4) is 0 Å². The average molecular weight is 253 g/mol. The van der Waals surface area contributed by atoms with Crippen LogP contribution in [0.25, 0.3) is 11.4 Å². The van der Waals surface area contributed by atoms with E-state index < -0.39 is 0 Å². The van der Waals surface area contributed by atoms with Gasteiger partial charge >= 0.3 is 0 Å². The Labute approximate surface area is 89.0 Å². The fourth-order valence-electron chi connectivity index (χ4n) is 1.10. The summed E-state index contributed by atoms with van der Waals surface area (Å²) < 4.78 is 13.6. The van der Waals surface area contributed by atoms with E-state index in [2.05, 4.69) is 25.9 Å². The molecule has 0 amide bonds. The van der Waals surface area contributed by atoms with Gasteiger partial charge in [-0.25, -0.2) is 14.4 Å². The third kappa shape index (κ3) is 1.96. The summed E-state index contributed by atoms with van der Waals surface area (Å²) in [6, 6.07) is 7.92. The standard InChI is InChI=1S/C10H6BrFN2/c11-9-4-5-13-10(14-9)7-2-1-3-8(12)6-7/h1-6H. The van der Waals surface area contributed by atoms with Gasteiger partial charge in [0.05, 0.1) is 0 Å². The summed E-state index contributed by atoms with van der Waals surface area (Å²) in [6.07, 6.45) is 1.62. The predicted octanol–water partition coefficient (Wildman–Crippen LogP) is 3.05. The Hall–Kier alpha value is -1.29. The van der Waals surface area contributed by atoms with Gasteiger partial charge < -0.3 is 0 Å². The molecule has 0 atom stereocenters. The van der Waals surface area contributed by atoms with Crippen LogP contribution >= 0.6 is 15.9 Å². The Morgan fingerprint density at radius 2 is 2.07 bits per heavy atom. The maximum atomic E-state index is 12.9. The highest BCUT2D eigenvalue weighted by Gasteiger charge is 2.01. The quantitative estimate of drug-likeness (QED) is 0.730. The van der Waals surface area contributed by atoms with Crippen molar-refractivity contribution in [3.63, 3.8) is 0 Å². The molecule has 1 heterocycles. The molecule has 4 heteroatoms. The summed E-state index contributed by atoms with van der Waals surface area (Å²) >= 11 is 3.23. The van der Waals surface area contributed by atoms with E-state index in [1.54, 1.807) is 24.4 Å². The van der Waals surface area contributed by atoms with Crippen LogP contribution in [-0.2, 0) is 0 Å². The smallest absolute Gasteiger partial charge is 0.160 e. The van der Waals surface area contributed by atoms with Gasteiger partial charge in [0, 0.05) is 11.8 Å². The molecule has 0 unspecified atom stereocenters. The molecule has 14 heavy (non-hydrogen) atoms. The molecule has 70 valence electrons. The van der Waals surface area contributed by atoms with Gasteiger partial charge in [-0.05, 0) is 34.1 Å². The van der Waals surface area contributed by atoms with Gasteiger partial charge in [-0.2, -0.15) is 0 Å². The normalized spacial score (nSPS) is 10.1. The number of hydrogen-bond acceptors (Lipinski definition) is 2. The lowest BCUT2D eigenvalue weighted by Crippen LogP contribution is -1.88. The highest BCUT2D eigenvalue weighted by molar-refractivity contribution is 9.10. The third-order valence-electron chi connectivity index (χ3n) is 1.70. The molecule has 1 aromatic heterocycles. The summed E-state index contributed by atoms with van der Waals surface area (Å²) in [5.41, 5.74) is 0.673. The molecular weight excluding hydrogens is 247 g/mol. The first-order chi connectivity index (χ1) is 6.75. The number of halogens is 2. The van der Waals surface area contributed by atoms with Crippen LogP contribution in [0.2, 0.25) is 0 Å². The zero-order valence-electron chi connectivity index (χ0n) is 7.11. The minimum absolute atomic E-state index is 0.286. The molecule has 0 fully saturated rings. The van der Waals surface area contributed by atoms with Crippen molar-refractivity contribution in [2.24, 2.45) is 0 Å². The average Bonchev–Trinajstić information content (AvgIpc) is 2.18. The molecule has 0 N–H and O–H groups in total. The molecule has 0 saturated carbocycles. The zero-order chi connectivity index (χ0) is 9.97. The summed E-state index contributed by atoms with van der Waals surface area (Å²) in [5, 5.41) is 0. The molecular formula is C10H6BrFN2. The largest absolute Gasteiger partial charge is 0.237 e. The lowest BCUT2D eigenvalue weighted by molar-refractivity contribution is 0.628. The number of nitrogens with zero attached hydrogens (tertiary/aromatic N) is 2. The molecule has 2 rings (SSSR count). The fraction of sp³-hybridized carbons (Fsp3) is 0. The topological polar surface area (TPSA) is 25.8 Å². The van der Waals surface area contributed by atoms with Gasteiger partial charge in [-0.1, -0.05) is 12.1 Å². The summed E-state index contributed by atoms with van der Waals surface area (Å²) in [7, 11) is 0. The molecule has 0 spiro atoms. The van der Waals surface area contributed by atoms with Crippen LogP contribution in [0.1, 0.15) is 0 Å². The van der Waals surface area contributed by atoms with Crippen LogP contribution in [0.4, 0.5) is 4.39 Å². The van der Waals surface area contributed by atoms with Crippen molar-refractivity contribution in [3.8, 4) is 11.4 Å². The van der Waals surface area contributed by atoms with E-state index >= 15 is 0 Å². The monoisotopic (exact) mass is 252 g/mol. The molecule has 0 bridgehead atoms. The Morgan fingerprint density at radius 3 is 2.79 bits per heavy atom. The summed E-state index contributed by atoms with van der Waals surface area (Å²) in [5.74, 6) is 0.227. The van der Waals surface area contributed by atoms with Crippen molar-refractivity contribution in [2.75, 3.05) is 0 Å². The van der Waals surface area contributed by atoms with Crippen molar-refractivity contribution >= 4 is 15.9 Å². The first-order valence-corrected chi connectivity index (χ1v) is 4.79. The molecule has 0 radical (unpaired) electrons. The Morgan fingerprint density at radius 1 is 1.21 bits per heavy atom. The first-order valence-electron chi connectivity index (χ1n) is 4.00. The minimum atomic E-state index is -0.286. The van der Waals surface area contributed by atoms with Crippen LogP contribution in [-0.4, -0.2) is 9.97 Å². The van der Waals surface area contributed by atoms with E-state index in [9.17, 15) is 4.39 Å². The first kappa shape index (κ1) is 9.27. The zero-order valence-corrected chi connectivity index (χ0v) is 8.70. The number of hydrogen-bond donors (Lipinski definition) is 0. The van der Waals surface area contributed by atoms with Gasteiger partial charge in [0.2, 0.25) is 0 Å². The molecule has 0 aliphatic rings. The predicted molar refractivity (Wildman–Crippen MR) is 55.1 cm³/mol. The van der Waals surface area contributed by atoms with Crippen molar-refractivity contribution < 1.29 is 4.39 Å². The maximum absolute atomic E-state index is 12.9. The molecule has 0 aliphatic heterocycles. The maximum Gasteiger partial charge on any atom is 0.160 e. The highest BCUT2D eigenvalue weighted by Crippen LogP contribution is 2.17. The molecule has 0 aliphatic carbocycles. The number of aromatic nitrogens is 2. The number of benzene rings is 1. The number of rotatable bonds is 1. The van der Waals surface area contributed by atoms with E-state index in [0.29, 0.717) is 16.0 Å². The molecule has 0 saturated heterocycles. The van der Waals surface area contributed by atoms with Gasteiger partial charge in [0.15, 0.2) is 5.82 Å². The second kappa shape index (κ2) is 3.84. The lowest BCUT2D eigenvalue weighted by atomic mass is 10.2. The molecule has 2 aromatic rings. The van der Waals surface area contributed by atoms with E-state index in [1.165, 1.54) is 12.1 Å². The summed E-state index contributed by atoms with van der Waals surface area (Å²) in [6.45, 7) is 0. The highest BCUT2D eigenvalue weighted by atomic mass is 79.9. The Balaban J connectivity index is 2.49. The van der Waals surface area contributed by atoms with Gasteiger partial charge in [0.1, 0.15) is 10.4 Å². The van der Waals surface area contributed by atoms with Gasteiger partial charge in [-0.15, -0.1) is 0 Å². The van der Waals surface area contributed by atoms with E-state index in [-0.39, 0.29) is 5.82 Å². The van der Waals surface area contributed by atoms with Crippen LogP contribution in [0, 0.1) is 5.82 Å². The third-order valence-corrected chi connectivity index (χ3v) is 2.15. The van der Waals surface area contributed by atoms with E-state index in [4.69, 9.17) is 0 Å². The second-order valence-electron chi connectivity index (χ2n) is 2.71. The van der Waals surface area contributed by atoms with Gasteiger partial charge in [0.25, 0.3) is 0 Å². The Kier molecular flexibility index (Phi) is 2.54. The Bertz CT molecular complexity index is 416. The molecule has 2 nitrogen and oxygen atoms in total. The van der Waals surface area contributed by atoms with Crippen molar-refractivity contribution in [2.45, 2.75) is 0 Å². The fourth-order valence-corrected chi connectivity index (χ4v) is 1.39. The molecule has 1 aromatic carbocycles. The van der Waals surface area contributed by atoms with Gasteiger partial charge in [-0.3, -0.25) is 0 Å². The van der Waals surface area contributed by atoms with Crippen LogP contribution in [0.5, 0.6) is 0 Å². The second-order valence-corrected chi connectivity index (χ2v) is 3.53. The van der Waals surface area contributed by atoms with Crippen molar-refractivity contribution in [3.05, 3.63) is 46.9 Å². The van der Waals surface area contributed by atoms with E-state index in [1.807, 2.05) is 0 Å². The van der Waals surface area contributed by atoms with Crippen LogP contribution < -0.4 is 0 Å². The minimum Gasteiger partial charge on any atom is -0.237 e. The van der Waals surface area contributed by atoms with Crippen molar-refractivity contribution in [1.82, 2.24) is 9.97 Å². The lowest BCUT2D eigenvalue weighted by Gasteiger charge is -1.99.